The molecule has 0 aliphatic heterocycles. The Balaban J connectivity index is 2.50. The molecular formula is C15H24BrN. The van der Waals surface area contributed by atoms with Gasteiger partial charge in [0.25, 0.3) is 0 Å². The number of hydrogen-bond acceptors (Lipinski definition) is 1. The highest BCUT2D eigenvalue weighted by Gasteiger charge is 2.15. The number of nitrogens with zero attached hydrogens (tertiary/aromatic N) is 1. The van der Waals surface area contributed by atoms with Crippen LogP contribution in [-0.2, 0) is 0 Å². The predicted octanol–water partition coefficient (Wildman–Crippen LogP) is 4.63. The van der Waals surface area contributed by atoms with Gasteiger partial charge in [-0.2, -0.15) is 0 Å². The Bertz CT molecular complexity index is 300. The lowest BCUT2D eigenvalue weighted by molar-refractivity contribution is 0.173. The van der Waals surface area contributed by atoms with Crippen molar-refractivity contribution in [2.24, 2.45) is 0 Å². The molecule has 0 aromatic heterocycles. The van der Waals surface area contributed by atoms with Gasteiger partial charge < -0.3 is 0 Å². The number of alkyl halides is 1. The van der Waals surface area contributed by atoms with Crippen LogP contribution in [0.25, 0.3) is 0 Å². The van der Waals surface area contributed by atoms with Crippen LogP contribution in [0.5, 0.6) is 0 Å². The fourth-order valence-corrected chi connectivity index (χ4v) is 2.71. The Kier molecular flexibility index (Phi) is 6.21. The van der Waals surface area contributed by atoms with Crippen molar-refractivity contribution in [2.45, 2.75) is 51.0 Å². The van der Waals surface area contributed by atoms with Gasteiger partial charge in [-0.05, 0) is 39.7 Å². The van der Waals surface area contributed by atoms with Crippen molar-refractivity contribution < 1.29 is 0 Å². The lowest BCUT2D eigenvalue weighted by Crippen LogP contribution is -2.37. The van der Waals surface area contributed by atoms with Gasteiger partial charge in [-0.3, -0.25) is 4.90 Å². The zero-order valence-electron chi connectivity index (χ0n) is 11.4. The SMILES string of the molecule is CC(C)N(CCC(Br)c1ccccc1)C(C)C. The third-order valence-electron chi connectivity index (χ3n) is 3.13. The first-order valence-corrected chi connectivity index (χ1v) is 7.38. The van der Waals surface area contributed by atoms with Crippen LogP contribution in [0.2, 0.25) is 0 Å². The van der Waals surface area contributed by atoms with Crippen molar-refractivity contribution in [1.82, 2.24) is 4.90 Å². The fourth-order valence-electron chi connectivity index (χ4n) is 2.20. The molecule has 0 spiro atoms. The molecule has 0 aliphatic rings. The minimum Gasteiger partial charge on any atom is -0.298 e. The monoisotopic (exact) mass is 297 g/mol. The molecule has 1 unspecified atom stereocenters. The molecule has 1 atom stereocenters. The van der Waals surface area contributed by atoms with Gasteiger partial charge in [-0.1, -0.05) is 46.3 Å². The van der Waals surface area contributed by atoms with Crippen LogP contribution in [0.3, 0.4) is 0 Å². The molecule has 0 heterocycles. The van der Waals surface area contributed by atoms with Crippen molar-refractivity contribution in [3.8, 4) is 0 Å². The maximum atomic E-state index is 3.79. The van der Waals surface area contributed by atoms with Crippen LogP contribution >= 0.6 is 15.9 Å². The summed E-state index contributed by atoms with van der Waals surface area (Å²) in [6.07, 6.45) is 1.15. The normalized spacial score (nSPS) is 13.6. The van der Waals surface area contributed by atoms with Gasteiger partial charge in [-0.15, -0.1) is 0 Å². The van der Waals surface area contributed by atoms with Crippen LogP contribution in [0.15, 0.2) is 30.3 Å². The summed E-state index contributed by atoms with van der Waals surface area (Å²) < 4.78 is 0. The third kappa shape index (κ3) is 4.81. The van der Waals surface area contributed by atoms with Gasteiger partial charge in [-0.25, -0.2) is 0 Å². The highest BCUT2D eigenvalue weighted by Crippen LogP contribution is 2.26. The number of benzene rings is 1. The Morgan fingerprint density at radius 1 is 1.00 bits per heavy atom. The van der Waals surface area contributed by atoms with E-state index in [-0.39, 0.29) is 0 Å². The van der Waals surface area contributed by atoms with E-state index in [1.807, 2.05) is 0 Å². The summed E-state index contributed by atoms with van der Waals surface area (Å²) in [6.45, 7) is 10.2. The first-order chi connectivity index (χ1) is 8.02. The largest absolute Gasteiger partial charge is 0.298 e. The maximum Gasteiger partial charge on any atom is 0.0407 e. The van der Waals surface area contributed by atoms with Crippen molar-refractivity contribution in [3.05, 3.63) is 35.9 Å². The molecule has 0 fully saturated rings. The van der Waals surface area contributed by atoms with Crippen molar-refractivity contribution in [2.75, 3.05) is 6.54 Å². The van der Waals surface area contributed by atoms with Gasteiger partial charge in [0.15, 0.2) is 0 Å². The molecule has 0 radical (unpaired) electrons. The number of rotatable bonds is 6. The second-order valence-corrected chi connectivity index (χ2v) is 6.20. The van der Waals surface area contributed by atoms with Gasteiger partial charge in [0.05, 0.1) is 0 Å². The lowest BCUT2D eigenvalue weighted by Gasteiger charge is -2.31. The van der Waals surface area contributed by atoms with E-state index >= 15 is 0 Å². The molecule has 0 N–H and O–H groups in total. The smallest absolute Gasteiger partial charge is 0.0407 e. The Labute approximate surface area is 114 Å². The summed E-state index contributed by atoms with van der Waals surface area (Å²) in [6, 6.07) is 11.9. The lowest BCUT2D eigenvalue weighted by atomic mass is 10.1. The highest BCUT2D eigenvalue weighted by molar-refractivity contribution is 9.09. The molecule has 1 aromatic carbocycles. The van der Waals surface area contributed by atoms with Crippen LogP contribution in [-0.4, -0.2) is 23.5 Å². The molecule has 0 saturated heterocycles. The van der Waals surface area contributed by atoms with Gasteiger partial charge in [0, 0.05) is 23.5 Å². The van der Waals surface area contributed by atoms with E-state index in [1.54, 1.807) is 0 Å². The maximum absolute atomic E-state index is 3.79. The van der Waals surface area contributed by atoms with E-state index in [0.717, 1.165) is 13.0 Å². The molecule has 0 bridgehead atoms. The van der Waals surface area contributed by atoms with E-state index in [2.05, 4.69) is 78.9 Å². The fraction of sp³-hybridized carbons (Fsp3) is 0.600. The molecule has 0 aliphatic carbocycles. The van der Waals surface area contributed by atoms with E-state index in [1.165, 1.54) is 5.56 Å². The second-order valence-electron chi connectivity index (χ2n) is 5.09. The summed E-state index contributed by atoms with van der Waals surface area (Å²) in [7, 11) is 0. The first kappa shape index (κ1) is 14.7. The number of halogens is 1. The molecule has 96 valence electrons. The topological polar surface area (TPSA) is 3.24 Å². The minimum atomic E-state index is 0.462. The van der Waals surface area contributed by atoms with Crippen molar-refractivity contribution in [3.63, 3.8) is 0 Å². The summed E-state index contributed by atoms with van der Waals surface area (Å²) >= 11 is 3.79. The quantitative estimate of drug-likeness (QED) is 0.692. The van der Waals surface area contributed by atoms with Gasteiger partial charge in [0.2, 0.25) is 0 Å². The molecule has 1 nitrogen and oxygen atoms in total. The Morgan fingerprint density at radius 2 is 1.53 bits per heavy atom. The average Bonchev–Trinajstić information content (AvgIpc) is 2.29. The average molecular weight is 298 g/mol. The number of hydrogen-bond donors (Lipinski definition) is 0. The molecule has 1 rings (SSSR count). The molecule has 1 aromatic rings. The zero-order chi connectivity index (χ0) is 12.8. The van der Waals surface area contributed by atoms with Crippen molar-refractivity contribution >= 4 is 15.9 Å². The first-order valence-electron chi connectivity index (χ1n) is 6.47. The minimum absolute atomic E-state index is 0.462. The third-order valence-corrected chi connectivity index (χ3v) is 4.12. The van der Waals surface area contributed by atoms with Crippen LogP contribution in [0.4, 0.5) is 0 Å². The molecule has 0 saturated carbocycles. The summed E-state index contributed by atoms with van der Waals surface area (Å²) in [5.41, 5.74) is 1.37. The standard InChI is InChI=1S/C15H24BrN/c1-12(2)17(13(3)4)11-10-15(16)14-8-6-5-7-9-14/h5-9,12-13,15H,10-11H2,1-4H3. The van der Waals surface area contributed by atoms with Crippen molar-refractivity contribution in [1.29, 1.82) is 0 Å². The summed E-state index contributed by atoms with van der Waals surface area (Å²) in [5, 5.41) is 0. The highest BCUT2D eigenvalue weighted by atomic mass is 79.9. The molecular weight excluding hydrogens is 274 g/mol. The van der Waals surface area contributed by atoms with E-state index in [4.69, 9.17) is 0 Å². The van der Waals surface area contributed by atoms with Gasteiger partial charge >= 0.3 is 0 Å². The van der Waals surface area contributed by atoms with E-state index in [9.17, 15) is 0 Å². The van der Waals surface area contributed by atoms with E-state index in [0.29, 0.717) is 16.9 Å². The van der Waals surface area contributed by atoms with Crippen LogP contribution in [0, 0.1) is 0 Å². The van der Waals surface area contributed by atoms with Crippen LogP contribution < -0.4 is 0 Å². The summed E-state index contributed by atoms with van der Waals surface area (Å²) in [4.78, 5) is 3.00. The molecule has 17 heavy (non-hydrogen) atoms. The predicted molar refractivity (Wildman–Crippen MR) is 79.7 cm³/mol. The van der Waals surface area contributed by atoms with Crippen LogP contribution in [0.1, 0.15) is 44.5 Å². The molecule has 0 amide bonds. The molecule has 2 heteroatoms. The Morgan fingerprint density at radius 3 is 2.00 bits per heavy atom. The second kappa shape index (κ2) is 7.17. The van der Waals surface area contributed by atoms with E-state index < -0.39 is 0 Å². The van der Waals surface area contributed by atoms with Gasteiger partial charge in [0.1, 0.15) is 0 Å². The Hall–Kier alpha value is -0.340. The zero-order valence-corrected chi connectivity index (χ0v) is 12.9. The summed E-state index contributed by atoms with van der Waals surface area (Å²) in [5.74, 6) is 0.